The smallest absolute Gasteiger partial charge is 0.418 e. The van der Waals surface area contributed by atoms with Crippen LogP contribution < -0.4 is 15.0 Å². The Kier molecular flexibility index (Phi) is 6.24. The molecule has 7 nitrogen and oxygen atoms in total. The van der Waals surface area contributed by atoms with E-state index in [1.807, 2.05) is 18.2 Å². The van der Waals surface area contributed by atoms with Crippen molar-refractivity contribution < 1.29 is 32.2 Å². The minimum absolute atomic E-state index is 0.315. The Balaban J connectivity index is 1.28. The lowest BCUT2D eigenvalue weighted by atomic mass is 10.0. The molecular weight excluding hydrogens is 463 g/mol. The zero-order valence-corrected chi connectivity index (χ0v) is 18.8. The molecule has 0 unspecified atom stereocenters. The number of aromatic nitrogens is 1. The van der Waals surface area contributed by atoms with Crippen molar-refractivity contribution in [3.63, 3.8) is 0 Å². The topological polar surface area (TPSA) is 72.9 Å². The number of para-hydroxylation sites is 2. The minimum atomic E-state index is -4.58. The number of carbonyl (C=O) groups is 1. The molecule has 2 saturated heterocycles. The maximum absolute atomic E-state index is 13.2. The summed E-state index contributed by atoms with van der Waals surface area (Å²) < 4.78 is 56.8. The van der Waals surface area contributed by atoms with Crippen LogP contribution in [0.4, 0.5) is 24.7 Å². The van der Waals surface area contributed by atoms with Crippen molar-refractivity contribution in [1.29, 1.82) is 0 Å². The maximum Gasteiger partial charge on any atom is 0.418 e. The highest BCUT2D eigenvalue weighted by Gasteiger charge is 2.40. The van der Waals surface area contributed by atoms with Gasteiger partial charge in [0.1, 0.15) is 17.1 Å². The quantitative estimate of drug-likeness (QED) is 0.567. The summed E-state index contributed by atoms with van der Waals surface area (Å²) in [5.74, 6) is -0.0445. The summed E-state index contributed by atoms with van der Waals surface area (Å²) in [5.41, 5.74) is -0.659. The summed E-state index contributed by atoms with van der Waals surface area (Å²) in [7, 11) is 0. The molecule has 0 atom stereocenters. The number of pyridine rings is 1. The summed E-state index contributed by atoms with van der Waals surface area (Å²) in [6.07, 6.45) is -3.10. The Hall–Kier alpha value is -3.37. The monoisotopic (exact) mass is 487 g/mol. The summed E-state index contributed by atoms with van der Waals surface area (Å²) in [6.45, 7) is 2.22. The second kappa shape index (κ2) is 9.35. The van der Waals surface area contributed by atoms with Crippen LogP contribution in [0.15, 0.2) is 54.6 Å². The number of rotatable bonds is 5. The number of benzene rings is 2. The number of carbonyl (C=O) groups excluding carboxylic acids is 1. The fraction of sp³-hybridized carbons (Fsp3) is 0.360. The van der Waals surface area contributed by atoms with Crippen LogP contribution in [0.3, 0.4) is 0 Å². The van der Waals surface area contributed by atoms with Gasteiger partial charge in [-0.2, -0.15) is 13.2 Å². The van der Waals surface area contributed by atoms with E-state index >= 15 is 0 Å². The summed E-state index contributed by atoms with van der Waals surface area (Å²) in [5, 5.41) is 3.11. The van der Waals surface area contributed by atoms with Gasteiger partial charge >= 0.3 is 6.18 Å². The lowest BCUT2D eigenvalue weighted by Crippen LogP contribution is -2.45. The van der Waals surface area contributed by atoms with Crippen molar-refractivity contribution in [2.24, 2.45) is 0 Å². The summed E-state index contributed by atoms with van der Waals surface area (Å²) in [4.78, 5) is 19.3. The number of hydrogen-bond donors (Lipinski definition) is 1. The number of fused-ring (bicyclic) bond motifs is 1. The molecule has 0 aliphatic carbocycles. The molecule has 1 amide bonds. The molecule has 1 aromatic heterocycles. The van der Waals surface area contributed by atoms with Gasteiger partial charge in [-0.3, -0.25) is 4.79 Å². The lowest BCUT2D eigenvalue weighted by molar-refractivity contribution is -0.169. The number of amides is 1. The molecule has 0 bridgehead atoms. The Morgan fingerprint density at radius 3 is 2.51 bits per heavy atom. The minimum Gasteiger partial charge on any atom is -0.481 e. The molecule has 2 fully saturated rings. The first-order chi connectivity index (χ1) is 16.8. The van der Waals surface area contributed by atoms with Gasteiger partial charge in [0, 0.05) is 31.3 Å². The largest absolute Gasteiger partial charge is 0.481 e. The summed E-state index contributed by atoms with van der Waals surface area (Å²) >= 11 is 0. The molecule has 35 heavy (non-hydrogen) atoms. The average Bonchev–Trinajstić information content (AvgIpc) is 3.30. The van der Waals surface area contributed by atoms with Crippen LogP contribution in [0.25, 0.3) is 10.9 Å². The van der Waals surface area contributed by atoms with E-state index in [1.54, 1.807) is 12.1 Å². The molecule has 1 N–H and O–H groups in total. The van der Waals surface area contributed by atoms with Crippen LogP contribution in [0.1, 0.15) is 18.4 Å². The predicted molar refractivity (Wildman–Crippen MR) is 123 cm³/mol. The number of anilines is 2. The van der Waals surface area contributed by atoms with Crippen LogP contribution in [0.2, 0.25) is 0 Å². The Labute approximate surface area is 199 Å². The number of alkyl halides is 3. The first kappa shape index (κ1) is 23.4. The zero-order chi connectivity index (χ0) is 24.5. The van der Waals surface area contributed by atoms with Crippen LogP contribution in [0, 0.1) is 0 Å². The van der Waals surface area contributed by atoms with Gasteiger partial charge in [0.15, 0.2) is 12.4 Å². The standard InChI is InChI=1S/C25H24F3N3O4/c26-25(27,28)18-5-1-2-6-19(18)29-22(32)16-33-20-7-3-4-17-8-9-21(30-23(17)20)31-12-10-24(11-13-31)34-14-15-35-24/h1-9H,10-16H2,(H,29,32). The lowest BCUT2D eigenvalue weighted by Gasteiger charge is -2.38. The molecule has 10 heteroatoms. The number of nitrogens with one attached hydrogen (secondary N) is 1. The second-order valence-electron chi connectivity index (χ2n) is 8.47. The molecule has 5 rings (SSSR count). The predicted octanol–water partition coefficient (Wildman–Crippen LogP) is 4.61. The molecular formula is C25H24F3N3O4. The van der Waals surface area contributed by atoms with Gasteiger partial charge in [-0.15, -0.1) is 0 Å². The van der Waals surface area contributed by atoms with E-state index in [2.05, 4.69) is 10.2 Å². The molecule has 2 aromatic carbocycles. The number of ether oxygens (including phenoxy) is 3. The fourth-order valence-corrected chi connectivity index (χ4v) is 4.43. The third kappa shape index (κ3) is 5.03. The first-order valence-corrected chi connectivity index (χ1v) is 11.3. The maximum atomic E-state index is 13.2. The van der Waals surface area contributed by atoms with Gasteiger partial charge in [0.2, 0.25) is 0 Å². The van der Waals surface area contributed by atoms with Crippen LogP contribution in [-0.4, -0.2) is 49.6 Å². The molecule has 2 aliphatic heterocycles. The number of nitrogens with zero attached hydrogens (tertiary/aromatic N) is 2. The van der Waals surface area contributed by atoms with E-state index in [9.17, 15) is 18.0 Å². The van der Waals surface area contributed by atoms with Crippen molar-refractivity contribution in [1.82, 2.24) is 4.98 Å². The second-order valence-corrected chi connectivity index (χ2v) is 8.47. The molecule has 0 saturated carbocycles. The third-order valence-electron chi connectivity index (χ3n) is 6.20. The molecule has 3 heterocycles. The molecule has 2 aliphatic rings. The number of hydrogen-bond acceptors (Lipinski definition) is 6. The molecule has 3 aromatic rings. The normalized spacial score (nSPS) is 17.6. The number of halogens is 3. The van der Waals surface area contributed by atoms with E-state index in [-0.39, 0.29) is 5.69 Å². The highest BCUT2D eigenvalue weighted by Crippen LogP contribution is 2.35. The van der Waals surface area contributed by atoms with E-state index in [0.29, 0.717) is 24.5 Å². The number of piperidine rings is 1. The average molecular weight is 487 g/mol. The van der Waals surface area contributed by atoms with Crippen LogP contribution in [0.5, 0.6) is 5.75 Å². The Morgan fingerprint density at radius 1 is 1.03 bits per heavy atom. The van der Waals surface area contributed by atoms with E-state index in [4.69, 9.17) is 19.2 Å². The van der Waals surface area contributed by atoms with Gasteiger partial charge in [0.25, 0.3) is 5.91 Å². The fourth-order valence-electron chi connectivity index (χ4n) is 4.43. The highest BCUT2D eigenvalue weighted by molar-refractivity contribution is 5.93. The van der Waals surface area contributed by atoms with Gasteiger partial charge < -0.3 is 24.4 Å². The van der Waals surface area contributed by atoms with Crippen molar-refractivity contribution in [2.45, 2.75) is 24.8 Å². The van der Waals surface area contributed by atoms with Gasteiger partial charge in [0.05, 0.1) is 24.5 Å². The van der Waals surface area contributed by atoms with Gasteiger partial charge in [-0.1, -0.05) is 24.3 Å². The SMILES string of the molecule is O=C(COc1cccc2ccc(N3CCC4(CC3)OCCO4)nc12)Nc1ccccc1C(F)(F)F. The van der Waals surface area contributed by atoms with Gasteiger partial charge in [-0.25, -0.2) is 4.98 Å². The van der Waals surface area contributed by atoms with Crippen LogP contribution in [-0.2, 0) is 20.4 Å². The Morgan fingerprint density at radius 2 is 1.77 bits per heavy atom. The van der Waals surface area contributed by atoms with E-state index < -0.39 is 30.0 Å². The van der Waals surface area contributed by atoms with Crippen molar-refractivity contribution in [2.75, 3.05) is 43.1 Å². The van der Waals surface area contributed by atoms with E-state index in [0.717, 1.165) is 43.2 Å². The molecule has 1 spiro atoms. The van der Waals surface area contributed by atoms with Crippen molar-refractivity contribution in [3.8, 4) is 5.75 Å². The Bertz CT molecular complexity index is 1220. The van der Waals surface area contributed by atoms with Crippen LogP contribution >= 0.6 is 0 Å². The highest BCUT2D eigenvalue weighted by atomic mass is 19.4. The van der Waals surface area contributed by atoms with E-state index in [1.165, 1.54) is 18.2 Å². The first-order valence-electron chi connectivity index (χ1n) is 11.3. The van der Waals surface area contributed by atoms with Gasteiger partial charge in [-0.05, 0) is 30.3 Å². The zero-order valence-electron chi connectivity index (χ0n) is 18.8. The van der Waals surface area contributed by atoms with Crippen molar-refractivity contribution >= 4 is 28.3 Å². The third-order valence-corrected chi connectivity index (χ3v) is 6.20. The molecule has 0 radical (unpaired) electrons. The van der Waals surface area contributed by atoms with Crippen molar-refractivity contribution in [3.05, 3.63) is 60.2 Å². The summed E-state index contributed by atoms with van der Waals surface area (Å²) in [6, 6.07) is 14.0. The molecule has 184 valence electrons.